The van der Waals surface area contributed by atoms with Gasteiger partial charge in [-0.2, -0.15) is 0 Å². The molecule has 3 rings (SSSR count). The van der Waals surface area contributed by atoms with Crippen molar-refractivity contribution < 1.29 is 9.47 Å². The number of aryl methyl sites for hydroxylation is 1. The minimum absolute atomic E-state index is 0.197. The van der Waals surface area contributed by atoms with Crippen LogP contribution in [0.25, 0.3) is 5.70 Å². The zero-order valence-corrected chi connectivity index (χ0v) is 20.1. The molecule has 184 valence electrons. The fourth-order valence-electron chi connectivity index (χ4n) is 3.88. The molecule has 8 N–H and O–H groups in total. The second kappa shape index (κ2) is 12.2. The fourth-order valence-corrected chi connectivity index (χ4v) is 3.88. The standard InChI is InChI=1S/C25H37N7O2/c1-18-24(34-21-11-7-4-8-12-21)14-13-22(30-18)25(27)23(31(2)28)16-32(29)19(15-26)17-33-20-9-5-3-6-10-20/h3,5-6,9-10,13-15,21H,4,7-8,11-12,16-17,26-29H2,1-2H3/b19-15-,25-23-. The van der Waals surface area contributed by atoms with Gasteiger partial charge >= 0.3 is 0 Å². The largest absolute Gasteiger partial charge is 0.489 e. The third kappa shape index (κ3) is 6.79. The third-order valence-electron chi connectivity index (χ3n) is 5.91. The van der Waals surface area contributed by atoms with Crippen LogP contribution in [0.2, 0.25) is 0 Å². The van der Waals surface area contributed by atoms with Crippen LogP contribution in [0.3, 0.4) is 0 Å². The van der Waals surface area contributed by atoms with E-state index in [1.165, 1.54) is 35.5 Å². The monoisotopic (exact) mass is 467 g/mol. The lowest BCUT2D eigenvalue weighted by atomic mass is 9.98. The number of benzene rings is 1. The van der Waals surface area contributed by atoms with E-state index >= 15 is 0 Å². The molecule has 0 radical (unpaired) electrons. The minimum atomic E-state index is 0.197. The normalized spacial score (nSPS) is 15.5. The molecule has 0 spiro atoms. The van der Waals surface area contributed by atoms with Crippen LogP contribution >= 0.6 is 0 Å². The molecule has 1 aromatic heterocycles. The predicted octanol–water partition coefficient (Wildman–Crippen LogP) is 2.59. The van der Waals surface area contributed by atoms with Crippen molar-refractivity contribution in [2.45, 2.75) is 45.1 Å². The number of hydrazine groups is 2. The van der Waals surface area contributed by atoms with Crippen molar-refractivity contribution >= 4 is 5.70 Å². The van der Waals surface area contributed by atoms with E-state index in [2.05, 4.69) is 4.98 Å². The van der Waals surface area contributed by atoms with Crippen LogP contribution in [0.5, 0.6) is 11.5 Å². The Morgan fingerprint density at radius 2 is 1.79 bits per heavy atom. The number of para-hydroxylation sites is 1. The van der Waals surface area contributed by atoms with Crippen molar-refractivity contribution in [3.63, 3.8) is 0 Å². The van der Waals surface area contributed by atoms with Crippen LogP contribution in [0.4, 0.5) is 0 Å². The zero-order chi connectivity index (χ0) is 24.5. The van der Waals surface area contributed by atoms with Crippen LogP contribution in [-0.2, 0) is 0 Å². The second-order valence-corrected chi connectivity index (χ2v) is 8.52. The van der Waals surface area contributed by atoms with Crippen LogP contribution in [-0.4, -0.2) is 41.3 Å². The van der Waals surface area contributed by atoms with Gasteiger partial charge in [0.1, 0.15) is 18.1 Å². The first kappa shape index (κ1) is 25.2. The van der Waals surface area contributed by atoms with Gasteiger partial charge in [-0.3, -0.25) is 0 Å². The summed E-state index contributed by atoms with van der Waals surface area (Å²) in [5.74, 6) is 13.9. The Hall–Kier alpha value is -3.43. The van der Waals surface area contributed by atoms with Crippen LogP contribution in [0.15, 0.2) is 60.1 Å². The molecule has 1 aromatic carbocycles. The van der Waals surface area contributed by atoms with Crippen molar-refractivity contribution in [1.29, 1.82) is 0 Å². The molecule has 0 bridgehead atoms. The maximum atomic E-state index is 6.49. The lowest BCUT2D eigenvalue weighted by molar-refractivity contribution is 0.153. The van der Waals surface area contributed by atoms with Crippen molar-refractivity contribution in [3.05, 3.63) is 71.4 Å². The lowest BCUT2D eigenvalue weighted by Crippen LogP contribution is -2.41. The highest BCUT2D eigenvalue weighted by Crippen LogP contribution is 2.26. The first-order chi connectivity index (χ1) is 16.4. The number of hydrogen-bond acceptors (Lipinski definition) is 9. The van der Waals surface area contributed by atoms with Crippen molar-refractivity contribution in [1.82, 2.24) is 15.0 Å². The summed E-state index contributed by atoms with van der Waals surface area (Å²) >= 11 is 0. The van der Waals surface area contributed by atoms with Gasteiger partial charge in [-0.15, -0.1) is 0 Å². The highest BCUT2D eigenvalue weighted by molar-refractivity contribution is 5.63. The minimum Gasteiger partial charge on any atom is -0.489 e. The summed E-state index contributed by atoms with van der Waals surface area (Å²) in [4.78, 5) is 4.68. The zero-order valence-electron chi connectivity index (χ0n) is 20.1. The number of aromatic nitrogens is 1. The summed E-state index contributed by atoms with van der Waals surface area (Å²) in [5.41, 5.74) is 15.3. The molecule has 1 aliphatic carbocycles. The second-order valence-electron chi connectivity index (χ2n) is 8.52. The summed E-state index contributed by atoms with van der Waals surface area (Å²) < 4.78 is 12.0. The molecule has 1 aliphatic rings. The highest BCUT2D eigenvalue weighted by atomic mass is 16.5. The summed E-state index contributed by atoms with van der Waals surface area (Å²) in [6.07, 6.45) is 7.54. The molecule has 34 heavy (non-hydrogen) atoms. The Bertz CT molecular complexity index is 986. The van der Waals surface area contributed by atoms with E-state index in [4.69, 9.17) is 32.6 Å². The molecule has 1 heterocycles. The quantitative estimate of drug-likeness (QED) is 0.306. The Morgan fingerprint density at radius 1 is 1.09 bits per heavy atom. The van der Waals surface area contributed by atoms with Gasteiger partial charge in [-0.1, -0.05) is 24.6 Å². The van der Waals surface area contributed by atoms with Crippen LogP contribution < -0.4 is 32.6 Å². The van der Waals surface area contributed by atoms with E-state index in [-0.39, 0.29) is 19.3 Å². The smallest absolute Gasteiger partial charge is 0.140 e. The number of nitrogens with two attached hydrogens (primary N) is 4. The number of nitrogens with zero attached hydrogens (tertiary/aromatic N) is 3. The van der Waals surface area contributed by atoms with Crippen LogP contribution in [0.1, 0.15) is 43.5 Å². The van der Waals surface area contributed by atoms with Gasteiger partial charge in [-0.25, -0.2) is 16.7 Å². The molecule has 0 amide bonds. The maximum absolute atomic E-state index is 6.49. The Morgan fingerprint density at radius 3 is 2.41 bits per heavy atom. The van der Waals surface area contributed by atoms with Crippen molar-refractivity contribution in [2.24, 2.45) is 23.2 Å². The molecule has 1 fully saturated rings. The maximum Gasteiger partial charge on any atom is 0.140 e. The van der Waals surface area contributed by atoms with Gasteiger partial charge in [0.25, 0.3) is 0 Å². The first-order valence-electron chi connectivity index (χ1n) is 11.6. The van der Waals surface area contributed by atoms with E-state index in [0.717, 1.165) is 30.0 Å². The number of rotatable bonds is 10. The lowest BCUT2D eigenvalue weighted by Gasteiger charge is -2.27. The van der Waals surface area contributed by atoms with Crippen LogP contribution in [0, 0.1) is 6.92 Å². The van der Waals surface area contributed by atoms with Crippen molar-refractivity contribution in [2.75, 3.05) is 20.2 Å². The van der Waals surface area contributed by atoms with Gasteiger partial charge in [-0.05, 0) is 56.9 Å². The number of pyridine rings is 1. The molecule has 0 saturated heterocycles. The van der Waals surface area contributed by atoms with Gasteiger partial charge in [0, 0.05) is 13.2 Å². The van der Waals surface area contributed by atoms with Gasteiger partial charge in [0.2, 0.25) is 0 Å². The first-order valence-corrected chi connectivity index (χ1v) is 11.6. The average molecular weight is 468 g/mol. The average Bonchev–Trinajstić information content (AvgIpc) is 2.85. The van der Waals surface area contributed by atoms with Gasteiger partial charge in [0.15, 0.2) is 0 Å². The summed E-state index contributed by atoms with van der Waals surface area (Å²) in [6.45, 7) is 2.33. The van der Waals surface area contributed by atoms with E-state index in [0.29, 0.717) is 22.8 Å². The Balaban J connectivity index is 1.72. The molecule has 9 heteroatoms. The number of likely N-dealkylation sites (N-methyl/N-ethyl adjacent to an activating group) is 1. The van der Waals surface area contributed by atoms with E-state index in [1.54, 1.807) is 7.05 Å². The molecular weight excluding hydrogens is 430 g/mol. The molecule has 2 aromatic rings. The molecular formula is C25H37N7O2. The summed E-state index contributed by atoms with van der Waals surface area (Å²) in [6, 6.07) is 13.2. The van der Waals surface area contributed by atoms with E-state index in [9.17, 15) is 0 Å². The third-order valence-corrected chi connectivity index (χ3v) is 5.91. The summed E-state index contributed by atoms with van der Waals surface area (Å²) in [5, 5.41) is 2.90. The van der Waals surface area contributed by atoms with Gasteiger partial charge in [0.05, 0.1) is 41.1 Å². The molecule has 0 atom stereocenters. The van der Waals surface area contributed by atoms with Gasteiger partial charge < -0.3 is 31.0 Å². The molecule has 0 aliphatic heterocycles. The highest BCUT2D eigenvalue weighted by Gasteiger charge is 2.19. The fraction of sp³-hybridized carbons (Fsp3) is 0.400. The van der Waals surface area contributed by atoms with Crippen molar-refractivity contribution in [3.8, 4) is 11.5 Å². The number of hydrogen-bond donors (Lipinski definition) is 4. The topological polar surface area (TPSA) is 142 Å². The predicted molar refractivity (Wildman–Crippen MR) is 135 cm³/mol. The Kier molecular flexibility index (Phi) is 9.00. The number of ether oxygens (including phenoxy) is 2. The van der Waals surface area contributed by atoms with E-state index in [1.807, 2.05) is 49.4 Å². The molecule has 9 nitrogen and oxygen atoms in total. The summed E-state index contributed by atoms with van der Waals surface area (Å²) in [7, 11) is 1.70. The molecule has 0 unspecified atom stereocenters. The Labute approximate surface area is 201 Å². The van der Waals surface area contributed by atoms with E-state index < -0.39 is 0 Å². The molecule has 1 saturated carbocycles. The SMILES string of the molecule is Cc1nc(/C(N)=C(\CN(N)/C(=C\N)COc2ccccc2)N(C)N)ccc1OC1CCCCC1.